The van der Waals surface area contributed by atoms with Crippen LogP contribution in [-0.2, 0) is 16.8 Å². The lowest BCUT2D eigenvalue weighted by Gasteiger charge is -2.23. The van der Waals surface area contributed by atoms with E-state index in [9.17, 15) is 19.7 Å². The van der Waals surface area contributed by atoms with Crippen molar-refractivity contribution in [3.8, 4) is 0 Å². The van der Waals surface area contributed by atoms with Crippen LogP contribution in [-0.4, -0.2) is 43.2 Å². The summed E-state index contributed by atoms with van der Waals surface area (Å²) in [7, 11) is 0. The van der Waals surface area contributed by atoms with Gasteiger partial charge in [0.2, 0.25) is 5.91 Å². The van der Waals surface area contributed by atoms with E-state index in [0.29, 0.717) is 11.4 Å². The number of nitrogens with zero attached hydrogens (tertiary/aromatic N) is 4. The summed E-state index contributed by atoms with van der Waals surface area (Å²) in [6.07, 6.45) is 2.66. The second-order valence-corrected chi connectivity index (χ2v) is 6.34. The topological polar surface area (TPSA) is 140 Å². The van der Waals surface area contributed by atoms with E-state index < -0.39 is 16.4 Å². The third-order valence-corrected chi connectivity index (χ3v) is 4.21. The number of amides is 1. The summed E-state index contributed by atoms with van der Waals surface area (Å²) in [4.78, 5) is 37.1. The maximum atomic E-state index is 12.3. The lowest BCUT2D eigenvalue weighted by Crippen LogP contribution is -2.45. The van der Waals surface area contributed by atoms with Gasteiger partial charge in [-0.05, 0) is 13.8 Å². The van der Waals surface area contributed by atoms with Gasteiger partial charge in [0.25, 0.3) is 0 Å². The first-order valence-electron chi connectivity index (χ1n) is 6.87. The van der Waals surface area contributed by atoms with E-state index >= 15 is 0 Å². The third kappa shape index (κ3) is 3.74. The number of aromatic nitrogens is 3. The lowest BCUT2D eigenvalue weighted by atomic mass is 10.1. The minimum atomic E-state index is -1.11. The largest absolute Gasteiger partial charge is 0.476 e. The number of hydrogen-bond donors (Lipinski definition) is 2. The van der Waals surface area contributed by atoms with Crippen molar-refractivity contribution in [2.75, 3.05) is 6.54 Å². The Labute approximate surface area is 140 Å². The molecular weight excluding hydrogens is 338 g/mol. The van der Waals surface area contributed by atoms with E-state index in [1.807, 2.05) is 0 Å². The van der Waals surface area contributed by atoms with Crippen molar-refractivity contribution >= 4 is 28.9 Å². The van der Waals surface area contributed by atoms with Crippen LogP contribution >= 0.6 is 11.3 Å². The Hall–Kier alpha value is -2.82. The number of carbonyl (C=O) groups is 2. The summed E-state index contributed by atoms with van der Waals surface area (Å²) < 4.78 is 1.23. The lowest BCUT2D eigenvalue weighted by molar-refractivity contribution is -0.385. The highest BCUT2D eigenvalue weighted by atomic mass is 32.1. The highest BCUT2D eigenvalue weighted by Gasteiger charge is 2.31. The van der Waals surface area contributed by atoms with Gasteiger partial charge in [0.05, 0.1) is 9.93 Å². The van der Waals surface area contributed by atoms with E-state index in [0.717, 1.165) is 6.20 Å². The predicted molar refractivity (Wildman–Crippen MR) is 84.0 cm³/mol. The van der Waals surface area contributed by atoms with Crippen molar-refractivity contribution in [2.24, 2.45) is 0 Å². The average molecular weight is 353 g/mol. The Balaban J connectivity index is 1.94. The molecule has 0 saturated carbocycles. The highest BCUT2D eigenvalue weighted by Crippen LogP contribution is 2.18. The van der Waals surface area contributed by atoms with Crippen LogP contribution in [0.5, 0.6) is 0 Å². The minimum absolute atomic E-state index is 0.0227. The molecule has 2 N–H and O–H groups in total. The number of nitrogens with one attached hydrogen (secondary N) is 1. The molecule has 0 aromatic carbocycles. The van der Waals surface area contributed by atoms with Crippen molar-refractivity contribution in [2.45, 2.75) is 25.8 Å². The molecule has 2 heterocycles. The summed E-state index contributed by atoms with van der Waals surface area (Å²) in [6, 6.07) is 0. The van der Waals surface area contributed by atoms with Crippen LogP contribution in [0.4, 0.5) is 5.69 Å². The van der Waals surface area contributed by atoms with Gasteiger partial charge in [0.15, 0.2) is 5.69 Å². The Bertz CT molecular complexity index is 781. The van der Waals surface area contributed by atoms with Crippen LogP contribution in [0, 0.1) is 10.1 Å². The number of carbonyl (C=O) groups excluding carboxylic acids is 1. The summed E-state index contributed by atoms with van der Waals surface area (Å²) in [5.74, 6) is -1.46. The number of nitro groups is 1. The number of thiazole rings is 1. The molecule has 2 aromatic heterocycles. The molecule has 2 rings (SSSR count). The smallest absolute Gasteiger partial charge is 0.355 e. The zero-order chi connectivity index (χ0) is 17.9. The van der Waals surface area contributed by atoms with Crippen molar-refractivity contribution in [1.82, 2.24) is 20.1 Å². The predicted octanol–water partition coefficient (Wildman–Crippen LogP) is 1.04. The molecule has 1 amide bonds. The SMILES string of the molecule is CC(C)(C(=O)NCCc1nc(C(=O)O)cs1)n1cc([N+](=O)[O-])cn1. The summed E-state index contributed by atoms with van der Waals surface area (Å²) in [6.45, 7) is 3.44. The zero-order valence-corrected chi connectivity index (χ0v) is 13.7. The van der Waals surface area contributed by atoms with Gasteiger partial charge in [-0.3, -0.25) is 19.6 Å². The Morgan fingerprint density at radius 2 is 2.21 bits per heavy atom. The van der Waals surface area contributed by atoms with Gasteiger partial charge < -0.3 is 10.4 Å². The quantitative estimate of drug-likeness (QED) is 0.559. The van der Waals surface area contributed by atoms with Gasteiger partial charge >= 0.3 is 11.7 Å². The van der Waals surface area contributed by atoms with Gasteiger partial charge in [-0.2, -0.15) is 5.10 Å². The Morgan fingerprint density at radius 3 is 2.75 bits per heavy atom. The number of aromatic carboxylic acids is 1. The van der Waals surface area contributed by atoms with Crippen LogP contribution in [0.3, 0.4) is 0 Å². The minimum Gasteiger partial charge on any atom is -0.476 e. The molecule has 24 heavy (non-hydrogen) atoms. The Kier molecular flexibility index (Phi) is 4.93. The van der Waals surface area contributed by atoms with Crippen LogP contribution in [0.2, 0.25) is 0 Å². The maximum Gasteiger partial charge on any atom is 0.355 e. The molecule has 0 aliphatic carbocycles. The van der Waals surface area contributed by atoms with Crippen molar-refractivity contribution < 1.29 is 19.6 Å². The fraction of sp³-hybridized carbons (Fsp3) is 0.385. The zero-order valence-electron chi connectivity index (χ0n) is 12.9. The average Bonchev–Trinajstić information content (AvgIpc) is 3.16. The first kappa shape index (κ1) is 17.5. The van der Waals surface area contributed by atoms with Crippen LogP contribution < -0.4 is 5.32 Å². The van der Waals surface area contributed by atoms with Gasteiger partial charge in [-0.1, -0.05) is 0 Å². The molecule has 0 fully saturated rings. The number of carboxylic acids is 1. The van der Waals surface area contributed by atoms with Crippen molar-refractivity contribution in [1.29, 1.82) is 0 Å². The third-order valence-electron chi connectivity index (χ3n) is 3.30. The molecule has 128 valence electrons. The van der Waals surface area contributed by atoms with Crippen molar-refractivity contribution in [3.05, 3.63) is 38.6 Å². The molecule has 0 bridgehead atoms. The normalized spacial score (nSPS) is 11.2. The first-order chi connectivity index (χ1) is 11.2. The van der Waals surface area contributed by atoms with Gasteiger partial charge in [0.1, 0.15) is 17.9 Å². The molecule has 2 aromatic rings. The van der Waals surface area contributed by atoms with E-state index in [1.54, 1.807) is 13.8 Å². The van der Waals surface area contributed by atoms with Gasteiger partial charge in [-0.25, -0.2) is 9.78 Å². The molecule has 0 aliphatic heterocycles. The molecular formula is C13H15N5O5S. The fourth-order valence-electron chi connectivity index (χ4n) is 1.84. The first-order valence-corrected chi connectivity index (χ1v) is 7.75. The molecule has 0 spiro atoms. The fourth-order valence-corrected chi connectivity index (χ4v) is 2.61. The standard InChI is InChI=1S/C13H15N5O5S/c1-13(2,17-6-8(5-15-17)18(22)23)12(21)14-4-3-10-16-9(7-24-10)11(19)20/h5-7H,3-4H2,1-2H3,(H,14,21)(H,19,20). The maximum absolute atomic E-state index is 12.3. The van der Waals surface area contributed by atoms with Gasteiger partial charge in [-0.15, -0.1) is 11.3 Å². The van der Waals surface area contributed by atoms with Crippen LogP contribution in [0.25, 0.3) is 0 Å². The van der Waals surface area contributed by atoms with Crippen molar-refractivity contribution in [3.63, 3.8) is 0 Å². The Morgan fingerprint density at radius 1 is 1.50 bits per heavy atom. The van der Waals surface area contributed by atoms with E-state index in [2.05, 4.69) is 15.4 Å². The number of rotatable bonds is 7. The monoisotopic (exact) mass is 353 g/mol. The van der Waals surface area contributed by atoms with E-state index in [-0.39, 0.29) is 23.8 Å². The molecule has 0 saturated heterocycles. The highest BCUT2D eigenvalue weighted by molar-refractivity contribution is 7.09. The number of carboxylic acid groups (broad SMARTS) is 1. The summed E-state index contributed by atoms with van der Waals surface area (Å²) in [5, 5.41) is 28.1. The second-order valence-electron chi connectivity index (χ2n) is 5.40. The van der Waals surface area contributed by atoms with Gasteiger partial charge in [0, 0.05) is 18.3 Å². The summed E-state index contributed by atoms with van der Waals surface area (Å²) in [5.41, 5.74) is -1.33. The van der Waals surface area contributed by atoms with E-state index in [1.165, 1.54) is 27.6 Å². The number of hydrogen-bond acceptors (Lipinski definition) is 7. The molecule has 0 unspecified atom stereocenters. The van der Waals surface area contributed by atoms with Crippen LogP contribution in [0.1, 0.15) is 29.3 Å². The molecule has 10 nitrogen and oxygen atoms in total. The molecule has 11 heteroatoms. The summed E-state index contributed by atoms with van der Waals surface area (Å²) >= 11 is 1.20. The van der Waals surface area contributed by atoms with E-state index in [4.69, 9.17) is 5.11 Å². The second kappa shape index (κ2) is 6.74. The molecule has 0 atom stereocenters. The molecule has 0 aliphatic rings. The van der Waals surface area contributed by atoms with Crippen LogP contribution in [0.15, 0.2) is 17.8 Å². The molecule has 0 radical (unpaired) electrons.